The first-order valence-corrected chi connectivity index (χ1v) is 9.74. The normalized spacial score (nSPS) is 14.8. The summed E-state index contributed by atoms with van der Waals surface area (Å²) >= 11 is 0. The molecule has 154 valence electrons. The van der Waals surface area contributed by atoms with Crippen molar-refractivity contribution in [2.75, 3.05) is 44.2 Å². The lowest BCUT2D eigenvalue weighted by Crippen LogP contribution is -2.55. The summed E-state index contributed by atoms with van der Waals surface area (Å²) in [4.78, 5) is 33.0. The highest BCUT2D eigenvalue weighted by molar-refractivity contribution is 5.98. The number of amides is 2. The van der Waals surface area contributed by atoms with Crippen molar-refractivity contribution < 1.29 is 9.59 Å². The van der Waals surface area contributed by atoms with Crippen LogP contribution >= 0.6 is 0 Å². The van der Waals surface area contributed by atoms with E-state index >= 15 is 0 Å². The van der Waals surface area contributed by atoms with E-state index in [1.165, 1.54) is 0 Å². The summed E-state index contributed by atoms with van der Waals surface area (Å²) in [6, 6.07) is 9.09. The standard InChI is InChI=1S/C20H27N7O2/c1-3-21-20(23-10-9-22-19(29)16-7-5-4-6-8-16)26-11-12-27(18(28)15-26)17-13-24-25(2)14-17/h4-8,13-14H,3,9-12,15H2,1-2H3,(H,21,23)(H,22,29). The fourth-order valence-corrected chi connectivity index (χ4v) is 3.12. The summed E-state index contributed by atoms with van der Waals surface area (Å²) in [5.41, 5.74) is 1.43. The average Bonchev–Trinajstić information content (AvgIpc) is 3.16. The molecule has 0 saturated carbocycles. The van der Waals surface area contributed by atoms with E-state index in [4.69, 9.17) is 0 Å². The van der Waals surface area contributed by atoms with Crippen LogP contribution in [0.4, 0.5) is 5.69 Å². The summed E-state index contributed by atoms with van der Waals surface area (Å²) in [5, 5.41) is 10.2. The minimum atomic E-state index is -0.119. The smallest absolute Gasteiger partial charge is 0.251 e. The van der Waals surface area contributed by atoms with Gasteiger partial charge in [-0.1, -0.05) is 18.2 Å². The number of hydrogen-bond acceptors (Lipinski definition) is 4. The molecule has 1 aromatic carbocycles. The van der Waals surface area contributed by atoms with Crippen LogP contribution in [0.3, 0.4) is 0 Å². The van der Waals surface area contributed by atoms with E-state index in [9.17, 15) is 9.59 Å². The molecular formula is C20H27N7O2. The number of benzene rings is 1. The van der Waals surface area contributed by atoms with Gasteiger partial charge in [-0.05, 0) is 19.1 Å². The average molecular weight is 397 g/mol. The van der Waals surface area contributed by atoms with Crippen LogP contribution in [-0.2, 0) is 11.8 Å². The molecule has 9 nitrogen and oxygen atoms in total. The predicted molar refractivity (Wildman–Crippen MR) is 112 cm³/mol. The highest BCUT2D eigenvalue weighted by atomic mass is 16.2. The summed E-state index contributed by atoms with van der Waals surface area (Å²) in [5.74, 6) is 0.568. The van der Waals surface area contributed by atoms with Gasteiger partial charge in [0.15, 0.2) is 5.96 Å². The molecule has 0 bridgehead atoms. The van der Waals surface area contributed by atoms with Gasteiger partial charge in [0.25, 0.3) is 5.91 Å². The molecule has 1 aromatic heterocycles. The molecule has 1 saturated heterocycles. The third-order valence-corrected chi connectivity index (χ3v) is 4.55. The van der Waals surface area contributed by atoms with E-state index in [-0.39, 0.29) is 18.4 Å². The number of carbonyl (C=O) groups excluding carboxylic acids is 2. The van der Waals surface area contributed by atoms with Crippen molar-refractivity contribution in [3.8, 4) is 0 Å². The number of nitrogens with one attached hydrogen (secondary N) is 2. The Hall–Kier alpha value is -3.36. The molecule has 0 aliphatic carbocycles. The molecule has 29 heavy (non-hydrogen) atoms. The van der Waals surface area contributed by atoms with Gasteiger partial charge >= 0.3 is 0 Å². The molecule has 2 heterocycles. The Morgan fingerprint density at radius 2 is 2.00 bits per heavy atom. The van der Waals surface area contributed by atoms with Crippen molar-refractivity contribution in [3.63, 3.8) is 0 Å². The van der Waals surface area contributed by atoms with Crippen molar-refractivity contribution in [1.29, 1.82) is 0 Å². The zero-order valence-corrected chi connectivity index (χ0v) is 16.8. The summed E-state index contributed by atoms with van der Waals surface area (Å²) in [7, 11) is 1.83. The molecule has 2 N–H and O–H groups in total. The van der Waals surface area contributed by atoms with Gasteiger partial charge < -0.3 is 20.4 Å². The molecule has 2 amide bonds. The topological polar surface area (TPSA) is 94.9 Å². The van der Waals surface area contributed by atoms with Crippen LogP contribution in [-0.4, -0.2) is 71.7 Å². The maximum Gasteiger partial charge on any atom is 0.251 e. The zero-order chi connectivity index (χ0) is 20.6. The van der Waals surface area contributed by atoms with Gasteiger partial charge in [0.1, 0.15) is 6.54 Å². The van der Waals surface area contributed by atoms with Gasteiger partial charge in [0.2, 0.25) is 5.91 Å². The Bertz CT molecular complexity index is 863. The molecule has 3 rings (SSSR count). The number of hydrogen-bond donors (Lipinski definition) is 2. The van der Waals surface area contributed by atoms with Crippen molar-refractivity contribution in [1.82, 2.24) is 25.3 Å². The van der Waals surface area contributed by atoms with Crippen LogP contribution in [0.25, 0.3) is 0 Å². The lowest BCUT2D eigenvalue weighted by Gasteiger charge is -2.35. The third kappa shape index (κ3) is 5.34. The highest BCUT2D eigenvalue weighted by Crippen LogP contribution is 2.16. The lowest BCUT2D eigenvalue weighted by molar-refractivity contribution is -0.120. The summed E-state index contributed by atoms with van der Waals surface area (Å²) < 4.78 is 1.68. The molecule has 0 unspecified atom stereocenters. The number of guanidine groups is 1. The van der Waals surface area contributed by atoms with Crippen LogP contribution in [0, 0.1) is 0 Å². The third-order valence-electron chi connectivity index (χ3n) is 4.55. The Balaban J connectivity index is 1.54. The first-order valence-electron chi connectivity index (χ1n) is 9.74. The lowest BCUT2D eigenvalue weighted by atomic mass is 10.2. The molecule has 0 spiro atoms. The van der Waals surface area contributed by atoms with E-state index in [2.05, 4.69) is 20.7 Å². The van der Waals surface area contributed by atoms with Crippen LogP contribution in [0.2, 0.25) is 0 Å². The van der Waals surface area contributed by atoms with Crippen LogP contribution < -0.4 is 15.5 Å². The molecule has 9 heteroatoms. The summed E-state index contributed by atoms with van der Waals surface area (Å²) in [6.45, 7) is 5.02. The predicted octanol–water partition coefficient (Wildman–Crippen LogP) is 0.464. The molecule has 0 radical (unpaired) electrons. The minimum Gasteiger partial charge on any atom is -0.357 e. The van der Waals surface area contributed by atoms with Crippen LogP contribution in [0.1, 0.15) is 17.3 Å². The van der Waals surface area contributed by atoms with Crippen molar-refractivity contribution in [3.05, 3.63) is 48.3 Å². The van der Waals surface area contributed by atoms with Crippen LogP contribution in [0.5, 0.6) is 0 Å². The van der Waals surface area contributed by atoms with Crippen LogP contribution in [0.15, 0.2) is 47.7 Å². The van der Waals surface area contributed by atoms with Gasteiger partial charge in [-0.3, -0.25) is 19.3 Å². The molecule has 1 fully saturated rings. The number of nitrogens with zero attached hydrogens (tertiary/aromatic N) is 5. The van der Waals surface area contributed by atoms with Gasteiger partial charge in [-0.2, -0.15) is 5.10 Å². The molecular weight excluding hydrogens is 370 g/mol. The first kappa shape index (κ1) is 20.4. The number of rotatable bonds is 6. The Labute approximate surface area is 170 Å². The number of aromatic nitrogens is 2. The molecule has 2 aromatic rings. The van der Waals surface area contributed by atoms with E-state index in [0.717, 1.165) is 5.69 Å². The van der Waals surface area contributed by atoms with E-state index in [1.54, 1.807) is 27.9 Å². The monoisotopic (exact) mass is 397 g/mol. The second kappa shape index (κ2) is 9.72. The SMILES string of the molecule is CCNC(=NCCNC(=O)c1ccccc1)N1CCN(c2cnn(C)c2)C(=O)C1. The molecule has 1 aliphatic rings. The van der Waals surface area contributed by atoms with E-state index in [0.29, 0.717) is 44.2 Å². The Morgan fingerprint density at radius 3 is 2.66 bits per heavy atom. The van der Waals surface area contributed by atoms with Gasteiger partial charge in [-0.25, -0.2) is 0 Å². The number of carbonyl (C=O) groups is 2. The van der Waals surface area contributed by atoms with E-state index in [1.807, 2.05) is 43.3 Å². The fourth-order valence-electron chi connectivity index (χ4n) is 3.12. The number of aryl methyl sites for hydroxylation is 1. The number of piperazine rings is 1. The minimum absolute atomic E-state index is 0.00670. The molecule has 1 aliphatic heterocycles. The fraction of sp³-hybridized carbons (Fsp3) is 0.400. The number of aliphatic imine (C=N–C) groups is 1. The quantitative estimate of drug-likeness (QED) is 0.420. The maximum atomic E-state index is 12.6. The first-order chi connectivity index (χ1) is 14.1. The molecule has 0 atom stereocenters. The van der Waals surface area contributed by atoms with Crippen molar-refractivity contribution in [2.45, 2.75) is 6.92 Å². The largest absolute Gasteiger partial charge is 0.357 e. The van der Waals surface area contributed by atoms with Gasteiger partial charge in [-0.15, -0.1) is 0 Å². The second-order valence-corrected chi connectivity index (χ2v) is 6.70. The van der Waals surface area contributed by atoms with Gasteiger partial charge in [0, 0.05) is 45.0 Å². The van der Waals surface area contributed by atoms with Gasteiger partial charge in [0.05, 0.1) is 18.4 Å². The Kier molecular flexibility index (Phi) is 6.83. The maximum absolute atomic E-state index is 12.6. The van der Waals surface area contributed by atoms with E-state index < -0.39 is 0 Å². The van der Waals surface area contributed by atoms with Crippen molar-refractivity contribution >= 4 is 23.5 Å². The second-order valence-electron chi connectivity index (χ2n) is 6.70. The van der Waals surface area contributed by atoms with Crippen molar-refractivity contribution in [2.24, 2.45) is 12.0 Å². The highest BCUT2D eigenvalue weighted by Gasteiger charge is 2.27. The zero-order valence-electron chi connectivity index (χ0n) is 16.8. The summed E-state index contributed by atoms with van der Waals surface area (Å²) in [6.07, 6.45) is 3.53. The number of anilines is 1. The Morgan fingerprint density at radius 1 is 1.21 bits per heavy atom.